The van der Waals surface area contributed by atoms with Crippen molar-refractivity contribution < 1.29 is 27.8 Å². The molecule has 0 atom stereocenters. The number of amides is 1. The Bertz CT molecular complexity index is 699. The maximum Gasteiger partial charge on any atom is 0.246 e. The van der Waals surface area contributed by atoms with Crippen LogP contribution in [0.25, 0.3) is 0 Å². The molecule has 140 valence electrons. The molecule has 0 unspecified atom stereocenters. The lowest BCUT2D eigenvalue weighted by atomic mass is 9.97. The third kappa shape index (κ3) is 4.42. The molecule has 1 aromatic rings. The monoisotopic (exact) mass is 372 g/mol. The van der Waals surface area contributed by atoms with Crippen LogP contribution in [0.15, 0.2) is 23.1 Å². The van der Waals surface area contributed by atoms with Crippen molar-refractivity contribution in [2.75, 3.05) is 40.5 Å². The highest BCUT2D eigenvalue weighted by Crippen LogP contribution is 2.32. The summed E-state index contributed by atoms with van der Waals surface area (Å²) in [5, 5.41) is 11.4. The highest BCUT2D eigenvalue weighted by atomic mass is 32.2. The highest BCUT2D eigenvalue weighted by molar-refractivity contribution is 7.89. The van der Waals surface area contributed by atoms with Crippen molar-refractivity contribution in [3.8, 4) is 11.5 Å². The van der Waals surface area contributed by atoms with E-state index in [2.05, 4.69) is 5.32 Å². The number of carbonyl (C=O) groups excluding carboxylic acids is 1. The Morgan fingerprint density at radius 3 is 2.52 bits per heavy atom. The minimum atomic E-state index is -3.75. The molecular formula is C16H24N2O6S. The van der Waals surface area contributed by atoms with E-state index in [-0.39, 0.29) is 48.7 Å². The van der Waals surface area contributed by atoms with Gasteiger partial charge in [0.15, 0.2) is 0 Å². The Morgan fingerprint density at radius 1 is 1.28 bits per heavy atom. The van der Waals surface area contributed by atoms with E-state index >= 15 is 0 Å². The molecule has 1 aliphatic heterocycles. The van der Waals surface area contributed by atoms with Crippen LogP contribution in [-0.2, 0) is 14.8 Å². The lowest BCUT2D eigenvalue weighted by Crippen LogP contribution is -2.43. The Hall–Kier alpha value is -1.84. The largest absolute Gasteiger partial charge is 0.497 e. The summed E-state index contributed by atoms with van der Waals surface area (Å²) in [4.78, 5) is 12.0. The number of hydrogen-bond acceptors (Lipinski definition) is 6. The number of ether oxygens (including phenoxy) is 2. The van der Waals surface area contributed by atoms with Crippen LogP contribution >= 0.6 is 0 Å². The van der Waals surface area contributed by atoms with E-state index in [1.165, 1.54) is 24.6 Å². The van der Waals surface area contributed by atoms with Crippen LogP contribution in [0.2, 0.25) is 0 Å². The van der Waals surface area contributed by atoms with Crippen molar-refractivity contribution in [3.05, 3.63) is 18.2 Å². The predicted molar refractivity (Wildman–Crippen MR) is 91.1 cm³/mol. The standard InChI is InChI=1S/C16H24N2O6S/c1-23-13-3-4-14(24-2)15(11-13)25(21,22)18-8-5-12(6-9-18)16(20)17-7-10-19/h3-4,11-12,19H,5-10H2,1-2H3,(H,17,20). The first-order chi connectivity index (χ1) is 11.9. The average Bonchev–Trinajstić information content (AvgIpc) is 2.65. The van der Waals surface area contributed by atoms with Gasteiger partial charge < -0.3 is 19.9 Å². The van der Waals surface area contributed by atoms with Gasteiger partial charge in [0.05, 0.1) is 20.8 Å². The fourth-order valence-electron chi connectivity index (χ4n) is 2.81. The van der Waals surface area contributed by atoms with Crippen molar-refractivity contribution in [2.45, 2.75) is 17.7 Å². The number of piperidine rings is 1. The van der Waals surface area contributed by atoms with Gasteiger partial charge in [-0.1, -0.05) is 0 Å². The zero-order valence-corrected chi connectivity index (χ0v) is 15.2. The van der Waals surface area contributed by atoms with Gasteiger partial charge >= 0.3 is 0 Å². The van der Waals surface area contributed by atoms with E-state index < -0.39 is 10.0 Å². The summed E-state index contributed by atoms with van der Waals surface area (Å²) in [7, 11) is -0.865. The molecule has 1 aliphatic rings. The van der Waals surface area contributed by atoms with Gasteiger partial charge in [0.1, 0.15) is 16.4 Å². The SMILES string of the molecule is COc1ccc(OC)c(S(=O)(=O)N2CCC(C(=O)NCCO)CC2)c1. The molecule has 8 nitrogen and oxygen atoms in total. The number of rotatable bonds is 7. The van der Waals surface area contributed by atoms with Crippen LogP contribution in [0.1, 0.15) is 12.8 Å². The molecule has 2 rings (SSSR count). The fraction of sp³-hybridized carbons (Fsp3) is 0.562. The molecule has 1 saturated heterocycles. The van der Waals surface area contributed by atoms with Crippen molar-refractivity contribution >= 4 is 15.9 Å². The van der Waals surface area contributed by atoms with E-state index in [4.69, 9.17) is 14.6 Å². The number of aliphatic hydroxyl groups excluding tert-OH is 1. The van der Waals surface area contributed by atoms with Crippen LogP contribution in [0.4, 0.5) is 0 Å². The number of nitrogens with zero attached hydrogens (tertiary/aromatic N) is 1. The van der Waals surface area contributed by atoms with Gasteiger partial charge in [-0.15, -0.1) is 0 Å². The molecule has 2 N–H and O–H groups in total. The molecule has 1 amide bonds. The van der Waals surface area contributed by atoms with Crippen molar-refractivity contribution in [1.29, 1.82) is 0 Å². The number of nitrogens with one attached hydrogen (secondary N) is 1. The van der Waals surface area contributed by atoms with Gasteiger partial charge in [0.25, 0.3) is 0 Å². The molecule has 0 radical (unpaired) electrons. The fourth-order valence-corrected chi connectivity index (χ4v) is 4.45. The van der Waals surface area contributed by atoms with E-state index in [9.17, 15) is 13.2 Å². The second-order valence-electron chi connectivity index (χ2n) is 5.71. The lowest BCUT2D eigenvalue weighted by molar-refractivity contribution is -0.126. The van der Waals surface area contributed by atoms with Crippen LogP contribution < -0.4 is 14.8 Å². The van der Waals surface area contributed by atoms with Gasteiger partial charge in [-0.3, -0.25) is 4.79 Å². The maximum absolute atomic E-state index is 12.9. The molecule has 9 heteroatoms. The topological polar surface area (TPSA) is 105 Å². The van der Waals surface area contributed by atoms with Crippen molar-refractivity contribution in [3.63, 3.8) is 0 Å². The second-order valence-corrected chi connectivity index (χ2v) is 7.62. The van der Waals surface area contributed by atoms with Gasteiger partial charge in [0.2, 0.25) is 15.9 Å². The number of carbonyl (C=O) groups is 1. The Kier molecular flexibility index (Phi) is 6.63. The van der Waals surface area contributed by atoms with E-state index in [0.717, 1.165) is 0 Å². The Morgan fingerprint density at radius 2 is 1.96 bits per heavy atom. The summed E-state index contributed by atoms with van der Waals surface area (Å²) in [6.07, 6.45) is 0.867. The van der Waals surface area contributed by atoms with Crippen LogP contribution in [0.5, 0.6) is 11.5 Å². The number of methoxy groups -OCH3 is 2. The van der Waals surface area contributed by atoms with E-state index in [1.807, 2.05) is 0 Å². The molecule has 25 heavy (non-hydrogen) atoms. The van der Waals surface area contributed by atoms with Crippen LogP contribution in [0.3, 0.4) is 0 Å². The van der Waals surface area contributed by atoms with E-state index in [0.29, 0.717) is 18.6 Å². The maximum atomic E-state index is 12.9. The molecule has 0 aromatic heterocycles. The van der Waals surface area contributed by atoms with Crippen LogP contribution in [-0.4, -0.2) is 64.2 Å². The molecule has 0 aliphatic carbocycles. The third-order valence-corrected chi connectivity index (χ3v) is 6.14. The summed E-state index contributed by atoms with van der Waals surface area (Å²) in [5.41, 5.74) is 0. The predicted octanol–water partition coefficient (Wildman–Crippen LogP) is 0.213. The summed E-state index contributed by atoms with van der Waals surface area (Å²) >= 11 is 0. The van der Waals surface area contributed by atoms with E-state index in [1.54, 1.807) is 12.1 Å². The minimum absolute atomic E-state index is 0.0533. The normalized spacial score (nSPS) is 16.4. The van der Waals surface area contributed by atoms with Gasteiger partial charge in [-0.25, -0.2) is 8.42 Å². The zero-order valence-electron chi connectivity index (χ0n) is 14.4. The summed E-state index contributed by atoms with van der Waals surface area (Å²) in [5.74, 6) is 0.288. The quantitative estimate of drug-likeness (QED) is 0.709. The molecule has 0 saturated carbocycles. The van der Waals surface area contributed by atoms with Gasteiger partial charge in [0, 0.05) is 31.6 Å². The summed E-state index contributed by atoms with van der Waals surface area (Å²) in [6.45, 7) is 0.590. The smallest absolute Gasteiger partial charge is 0.246 e. The first-order valence-electron chi connectivity index (χ1n) is 8.04. The zero-order chi connectivity index (χ0) is 18.4. The number of hydrogen-bond donors (Lipinski definition) is 2. The number of sulfonamides is 1. The summed E-state index contributed by atoms with van der Waals surface area (Å²) in [6, 6.07) is 4.63. The Labute approximate surface area is 147 Å². The lowest BCUT2D eigenvalue weighted by Gasteiger charge is -2.30. The first kappa shape index (κ1) is 19.5. The highest BCUT2D eigenvalue weighted by Gasteiger charge is 2.33. The molecule has 1 heterocycles. The molecule has 0 spiro atoms. The summed E-state index contributed by atoms with van der Waals surface area (Å²) < 4.78 is 37.5. The third-order valence-electron chi connectivity index (χ3n) is 4.22. The second kappa shape index (κ2) is 8.50. The van der Waals surface area contributed by atoms with Gasteiger partial charge in [-0.2, -0.15) is 4.31 Å². The number of benzene rings is 1. The number of aliphatic hydroxyl groups is 1. The van der Waals surface area contributed by atoms with Crippen molar-refractivity contribution in [1.82, 2.24) is 9.62 Å². The molecule has 1 fully saturated rings. The molecule has 1 aromatic carbocycles. The first-order valence-corrected chi connectivity index (χ1v) is 9.48. The molecule has 0 bridgehead atoms. The average molecular weight is 372 g/mol. The van der Waals surface area contributed by atoms with Gasteiger partial charge in [-0.05, 0) is 25.0 Å². The van der Waals surface area contributed by atoms with Crippen molar-refractivity contribution in [2.24, 2.45) is 5.92 Å². The minimum Gasteiger partial charge on any atom is -0.497 e. The van der Waals surface area contributed by atoms with Crippen LogP contribution in [0, 0.1) is 5.92 Å². The molecular weight excluding hydrogens is 348 g/mol. The Balaban J connectivity index is 2.13.